The maximum Gasteiger partial charge on any atom is 0.0976 e. The number of aryl methyl sites for hydroxylation is 3. The summed E-state index contributed by atoms with van der Waals surface area (Å²) >= 11 is 9.61. The van der Waals surface area contributed by atoms with E-state index in [4.69, 9.17) is 4.98 Å². The van der Waals surface area contributed by atoms with Crippen LogP contribution in [0.4, 0.5) is 0 Å². The van der Waals surface area contributed by atoms with Gasteiger partial charge >= 0.3 is 0 Å². The molecule has 0 amide bonds. The van der Waals surface area contributed by atoms with E-state index in [9.17, 15) is 0 Å². The number of nitrogens with zero attached hydrogens (tertiary/aromatic N) is 1. The third-order valence-electron chi connectivity index (χ3n) is 4.21. The number of hydrogen-bond donors (Lipinski definition) is 1. The average Bonchev–Trinajstić information content (AvgIpc) is 3.01. The van der Waals surface area contributed by atoms with E-state index in [1.807, 2.05) is 12.1 Å². The predicted octanol–water partition coefficient (Wildman–Crippen LogP) is 6.24. The Balaban J connectivity index is 1.82. The average molecular weight is 418 g/mol. The van der Waals surface area contributed by atoms with Crippen molar-refractivity contribution in [2.75, 3.05) is 5.33 Å². The minimum Gasteiger partial charge on any atom is -0.241 e. The molecule has 0 fully saturated rings. The second kappa shape index (κ2) is 7.85. The number of thiol groups is 1. The molecule has 3 aromatic rings. The summed E-state index contributed by atoms with van der Waals surface area (Å²) in [5.41, 5.74) is 7.73. The molecular weight excluding hydrogens is 398 g/mol. The van der Waals surface area contributed by atoms with Crippen molar-refractivity contribution in [3.63, 3.8) is 0 Å². The summed E-state index contributed by atoms with van der Waals surface area (Å²) in [6.45, 7) is 4.40. The molecule has 0 saturated carbocycles. The quantitative estimate of drug-likeness (QED) is 0.382. The summed E-state index contributed by atoms with van der Waals surface area (Å²) in [5, 5.41) is 4.31. The van der Waals surface area contributed by atoms with Crippen LogP contribution in [0.15, 0.2) is 46.7 Å². The van der Waals surface area contributed by atoms with E-state index in [-0.39, 0.29) is 0 Å². The molecule has 0 aliphatic rings. The molecule has 124 valence electrons. The minimum absolute atomic E-state index is 0.899. The van der Waals surface area contributed by atoms with Crippen LogP contribution in [0.2, 0.25) is 0 Å². The molecule has 0 atom stereocenters. The van der Waals surface area contributed by atoms with E-state index in [1.54, 1.807) is 11.3 Å². The van der Waals surface area contributed by atoms with Crippen LogP contribution >= 0.6 is 39.9 Å². The van der Waals surface area contributed by atoms with Crippen molar-refractivity contribution in [1.82, 2.24) is 4.98 Å². The summed E-state index contributed by atoms with van der Waals surface area (Å²) in [6, 6.07) is 12.8. The van der Waals surface area contributed by atoms with Crippen molar-refractivity contribution in [1.29, 1.82) is 0 Å². The number of rotatable bonds is 5. The van der Waals surface area contributed by atoms with Gasteiger partial charge in [0.2, 0.25) is 0 Å². The van der Waals surface area contributed by atoms with E-state index < -0.39 is 0 Å². The molecule has 0 aliphatic heterocycles. The van der Waals surface area contributed by atoms with Gasteiger partial charge in [-0.3, -0.25) is 0 Å². The lowest BCUT2D eigenvalue weighted by Gasteiger charge is -2.10. The van der Waals surface area contributed by atoms with Gasteiger partial charge in [0.15, 0.2) is 0 Å². The first kappa shape index (κ1) is 17.7. The van der Waals surface area contributed by atoms with Crippen molar-refractivity contribution in [3.05, 3.63) is 69.0 Å². The third kappa shape index (κ3) is 4.11. The topological polar surface area (TPSA) is 12.9 Å². The molecule has 0 aliphatic carbocycles. The Morgan fingerprint density at radius 3 is 2.42 bits per heavy atom. The molecule has 2 aromatic carbocycles. The standard InChI is InChI=1S/C20H20BrNS2/c1-13-10-17(14(2)9-16(13)7-8-21)11-20-22-19(12-24-20)15-3-5-18(23)6-4-15/h3-6,9-10,12,23H,7-8,11H2,1-2H3. The van der Waals surface area contributed by atoms with Crippen molar-refractivity contribution in [3.8, 4) is 11.3 Å². The van der Waals surface area contributed by atoms with E-state index >= 15 is 0 Å². The maximum absolute atomic E-state index is 4.82. The third-order valence-corrected chi connectivity index (χ3v) is 5.76. The van der Waals surface area contributed by atoms with Crippen LogP contribution in [-0.4, -0.2) is 10.3 Å². The highest BCUT2D eigenvalue weighted by Gasteiger charge is 2.09. The molecule has 1 aromatic heterocycles. The monoisotopic (exact) mass is 417 g/mol. The summed E-state index contributed by atoms with van der Waals surface area (Å²) in [5.74, 6) is 0. The predicted molar refractivity (Wildman–Crippen MR) is 111 cm³/mol. The first-order valence-corrected chi connectivity index (χ1v) is 10.4. The van der Waals surface area contributed by atoms with Gasteiger partial charge in [-0.15, -0.1) is 24.0 Å². The Hall–Kier alpha value is -1.10. The molecule has 1 heterocycles. The van der Waals surface area contributed by atoms with Crippen molar-refractivity contribution >= 4 is 39.9 Å². The van der Waals surface area contributed by atoms with Crippen LogP contribution < -0.4 is 0 Å². The van der Waals surface area contributed by atoms with E-state index in [2.05, 4.69) is 72.1 Å². The Morgan fingerprint density at radius 2 is 1.71 bits per heavy atom. The maximum atomic E-state index is 4.82. The molecule has 0 spiro atoms. The van der Waals surface area contributed by atoms with Gasteiger partial charge in [-0.1, -0.05) is 40.2 Å². The first-order valence-electron chi connectivity index (χ1n) is 7.95. The molecule has 1 nitrogen and oxygen atoms in total. The molecule has 0 N–H and O–H groups in total. The van der Waals surface area contributed by atoms with Gasteiger partial charge in [-0.2, -0.15) is 0 Å². The zero-order valence-corrected chi connectivity index (χ0v) is 17.1. The van der Waals surface area contributed by atoms with Crippen LogP contribution in [0.5, 0.6) is 0 Å². The molecule has 0 unspecified atom stereocenters. The second-order valence-corrected chi connectivity index (χ2v) is 8.25. The Labute approximate surface area is 161 Å². The normalized spacial score (nSPS) is 11.0. The van der Waals surface area contributed by atoms with E-state index in [1.165, 1.54) is 22.3 Å². The van der Waals surface area contributed by atoms with Crippen LogP contribution in [-0.2, 0) is 12.8 Å². The fraction of sp³-hybridized carbons (Fsp3) is 0.250. The van der Waals surface area contributed by atoms with Crippen molar-refractivity contribution < 1.29 is 0 Å². The first-order chi connectivity index (χ1) is 11.6. The van der Waals surface area contributed by atoms with Crippen molar-refractivity contribution in [2.45, 2.75) is 31.6 Å². The van der Waals surface area contributed by atoms with Crippen molar-refractivity contribution in [2.24, 2.45) is 0 Å². The van der Waals surface area contributed by atoms with Gasteiger partial charge < -0.3 is 0 Å². The largest absolute Gasteiger partial charge is 0.241 e. The lowest BCUT2D eigenvalue weighted by molar-refractivity contribution is 1.07. The Morgan fingerprint density at radius 1 is 1.04 bits per heavy atom. The molecule has 0 radical (unpaired) electrons. The van der Waals surface area contributed by atoms with Gasteiger partial charge in [-0.25, -0.2) is 4.98 Å². The highest BCUT2D eigenvalue weighted by Crippen LogP contribution is 2.26. The molecular formula is C20H20BrNS2. The summed E-state index contributed by atoms with van der Waals surface area (Å²) < 4.78 is 0. The van der Waals surface area contributed by atoms with Crippen LogP contribution in [0.3, 0.4) is 0 Å². The smallest absolute Gasteiger partial charge is 0.0976 e. The Kier molecular flexibility index (Phi) is 5.80. The number of thiazole rings is 1. The molecule has 24 heavy (non-hydrogen) atoms. The highest BCUT2D eigenvalue weighted by atomic mass is 79.9. The van der Waals surface area contributed by atoms with Crippen LogP contribution in [0.1, 0.15) is 27.3 Å². The lowest BCUT2D eigenvalue weighted by atomic mass is 9.97. The summed E-state index contributed by atoms with van der Waals surface area (Å²) in [7, 11) is 0. The van der Waals surface area contributed by atoms with Crippen LogP contribution in [0.25, 0.3) is 11.3 Å². The summed E-state index contributed by atoms with van der Waals surface area (Å²) in [6.07, 6.45) is 1.98. The van der Waals surface area contributed by atoms with Gasteiger partial charge in [0.25, 0.3) is 0 Å². The number of aromatic nitrogens is 1. The van der Waals surface area contributed by atoms with E-state index in [0.717, 1.165) is 39.3 Å². The van der Waals surface area contributed by atoms with Gasteiger partial charge in [-0.05, 0) is 54.7 Å². The van der Waals surface area contributed by atoms with Gasteiger partial charge in [0.05, 0.1) is 10.7 Å². The second-order valence-electron chi connectivity index (χ2n) is 5.99. The highest BCUT2D eigenvalue weighted by molar-refractivity contribution is 9.09. The number of alkyl halides is 1. The molecule has 4 heteroatoms. The SMILES string of the molecule is Cc1cc(Cc2nc(-c3ccc(S)cc3)cs2)c(C)cc1CCBr. The Bertz CT molecular complexity index is 837. The van der Waals surface area contributed by atoms with Gasteiger partial charge in [0, 0.05) is 27.6 Å². The zero-order valence-electron chi connectivity index (χ0n) is 13.8. The molecule has 0 saturated heterocycles. The number of halogens is 1. The minimum atomic E-state index is 0.899. The molecule has 0 bridgehead atoms. The van der Waals surface area contributed by atoms with E-state index in [0.29, 0.717) is 0 Å². The lowest BCUT2D eigenvalue weighted by Crippen LogP contribution is -1.98. The molecule has 3 rings (SSSR count). The number of hydrogen-bond acceptors (Lipinski definition) is 3. The number of benzene rings is 2. The fourth-order valence-electron chi connectivity index (χ4n) is 2.82. The fourth-order valence-corrected chi connectivity index (χ4v) is 4.22. The van der Waals surface area contributed by atoms with Crippen LogP contribution in [0, 0.1) is 13.8 Å². The summed E-state index contributed by atoms with van der Waals surface area (Å²) in [4.78, 5) is 5.80. The van der Waals surface area contributed by atoms with Gasteiger partial charge in [0.1, 0.15) is 0 Å². The zero-order chi connectivity index (χ0) is 17.1.